The lowest BCUT2D eigenvalue weighted by Gasteiger charge is -2.34. The van der Waals surface area contributed by atoms with Crippen molar-refractivity contribution in [1.82, 2.24) is 19.7 Å². The van der Waals surface area contributed by atoms with Gasteiger partial charge < -0.3 is 9.47 Å². The molecule has 5 nitrogen and oxygen atoms in total. The summed E-state index contributed by atoms with van der Waals surface area (Å²) in [6.45, 7) is 6.07. The molecule has 3 fully saturated rings. The van der Waals surface area contributed by atoms with Gasteiger partial charge in [0, 0.05) is 31.5 Å². The highest BCUT2D eigenvalue weighted by molar-refractivity contribution is 5.76. The molecule has 1 saturated heterocycles. The first-order chi connectivity index (χ1) is 11.6. The molecule has 4 rings (SSSR count). The maximum absolute atomic E-state index is 12.8. The highest BCUT2D eigenvalue weighted by Gasteiger charge is 2.41. The fourth-order valence-electron chi connectivity index (χ4n) is 5.34. The van der Waals surface area contributed by atoms with E-state index in [9.17, 15) is 4.79 Å². The lowest BCUT2D eigenvalue weighted by Crippen LogP contribution is -2.40. The molecule has 0 unspecified atom stereocenters. The van der Waals surface area contributed by atoms with Crippen molar-refractivity contribution in [3.8, 4) is 0 Å². The van der Waals surface area contributed by atoms with Crippen molar-refractivity contribution >= 4 is 5.91 Å². The van der Waals surface area contributed by atoms with E-state index in [-0.39, 0.29) is 0 Å². The number of amides is 1. The number of carbonyl (C=O) groups is 1. The molecular formula is C19H30N4O. The molecule has 1 aromatic rings. The Morgan fingerprint density at radius 2 is 2.17 bits per heavy atom. The third-order valence-corrected chi connectivity index (χ3v) is 6.62. The van der Waals surface area contributed by atoms with Crippen molar-refractivity contribution in [2.24, 2.45) is 17.8 Å². The number of fused-ring (bicyclic) bond motifs is 2. The maximum atomic E-state index is 12.8. The molecule has 132 valence electrons. The van der Waals surface area contributed by atoms with Gasteiger partial charge in [0.15, 0.2) is 0 Å². The number of nitrogens with zero attached hydrogens (tertiary/aromatic N) is 4. The molecule has 0 radical (unpaired) electrons. The fourth-order valence-corrected chi connectivity index (χ4v) is 5.34. The zero-order valence-electron chi connectivity index (χ0n) is 15.0. The van der Waals surface area contributed by atoms with Crippen molar-refractivity contribution in [1.29, 1.82) is 0 Å². The Morgan fingerprint density at radius 1 is 1.29 bits per heavy atom. The quantitative estimate of drug-likeness (QED) is 0.850. The van der Waals surface area contributed by atoms with Gasteiger partial charge in [0.1, 0.15) is 12.2 Å². The van der Waals surface area contributed by atoms with E-state index >= 15 is 0 Å². The van der Waals surface area contributed by atoms with E-state index in [1.54, 1.807) is 0 Å². The van der Waals surface area contributed by atoms with Gasteiger partial charge in [-0.2, -0.15) is 0 Å². The average Bonchev–Trinajstić information content (AvgIpc) is 3.31. The van der Waals surface area contributed by atoms with Crippen LogP contribution in [-0.4, -0.2) is 38.7 Å². The molecule has 0 N–H and O–H groups in total. The summed E-state index contributed by atoms with van der Waals surface area (Å²) < 4.78 is 2.16. The van der Waals surface area contributed by atoms with E-state index in [2.05, 4.69) is 33.5 Å². The van der Waals surface area contributed by atoms with Gasteiger partial charge in [-0.1, -0.05) is 6.42 Å². The highest BCUT2D eigenvalue weighted by atomic mass is 16.2. The van der Waals surface area contributed by atoms with Crippen LogP contribution in [0.2, 0.25) is 0 Å². The topological polar surface area (TPSA) is 51.0 Å². The molecule has 0 aromatic carbocycles. The zero-order chi connectivity index (χ0) is 16.7. The Morgan fingerprint density at radius 3 is 2.88 bits per heavy atom. The second-order valence-electron chi connectivity index (χ2n) is 8.51. The molecule has 2 aliphatic carbocycles. The van der Waals surface area contributed by atoms with Crippen molar-refractivity contribution in [3.05, 3.63) is 12.2 Å². The molecule has 1 amide bonds. The third-order valence-electron chi connectivity index (χ3n) is 6.62. The SMILES string of the molecule is CC(C)n1cnnc1[C@@H]1CCCN(C(=O)C[C@@H]2C[C@H]3CC[C@H]2C3)C1. The van der Waals surface area contributed by atoms with Crippen LogP contribution in [0.25, 0.3) is 0 Å². The minimum absolute atomic E-state index is 0.340. The number of likely N-dealkylation sites (tertiary alicyclic amines) is 1. The molecule has 3 aliphatic rings. The van der Waals surface area contributed by atoms with Gasteiger partial charge in [0.25, 0.3) is 0 Å². The Bertz CT molecular complexity index is 596. The number of carbonyl (C=O) groups excluding carboxylic acids is 1. The first-order valence-corrected chi connectivity index (χ1v) is 9.79. The number of aromatic nitrogens is 3. The largest absolute Gasteiger partial charge is 0.342 e. The molecule has 0 spiro atoms. The summed E-state index contributed by atoms with van der Waals surface area (Å²) in [5.74, 6) is 4.20. The van der Waals surface area contributed by atoms with Crippen LogP contribution in [-0.2, 0) is 4.79 Å². The first-order valence-electron chi connectivity index (χ1n) is 9.79. The van der Waals surface area contributed by atoms with E-state index < -0.39 is 0 Å². The van der Waals surface area contributed by atoms with Crippen LogP contribution in [0.15, 0.2) is 6.33 Å². The molecule has 2 bridgehead atoms. The molecule has 2 saturated carbocycles. The molecule has 2 heterocycles. The Labute approximate surface area is 144 Å². The van der Waals surface area contributed by atoms with E-state index in [1.165, 1.54) is 25.7 Å². The Kier molecular flexibility index (Phi) is 4.35. The van der Waals surface area contributed by atoms with Gasteiger partial charge >= 0.3 is 0 Å². The van der Waals surface area contributed by atoms with Crippen LogP contribution in [0.5, 0.6) is 0 Å². The Balaban J connectivity index is 1.39. The second kappa shape index (κ2) is 6.49. The van der Waals surface area contributed by atoms with Gasteiger partial charge in [0.2, 0.25) is 5.91 Å². The second-order valence-corrected chi connectivity index (χ2v) is 8.51. The summed E-state index contributed by atoms with van der Waals surface area (Å²) in [6, 6.07) is 0.370. The molecule has 1 aliphatic heterocycles. The van der Waals surface area contributed by atoms with Gasteiger partial charge in [-0.05, 0) is 63.7 Å². The molecule has 5 heteroatoms. The lowest BCUT2D eigenvalue weighted by molar-refractivity contribution is -0.133. The monoisotopic (exact) mass is 330 g/mol. The van der Waals surface area contributed by atoms with Crippen LogP contribution in [0.1, 0.15) is 76.6 Å². The molecule has 1 aromatic heterocycles. The lowest BCUT2D eigenvalue weighted by atomic mass is 9.85. The number of rotatable bonds is 4. The Hall–Kier alpha value is -1.39. The molecular weight excluding hydrogens is 300 g/mol. The van der Waals surface area contributed by atoms with Crippen molar-refractivity contribution < 1.29 is 4.79 Å². The van der Waals surface area contributed by atoms with Gasteiger partial charge in [-0.25, -0.2) is 0 Å². The summed E-state index contributed by atoms with van der Waals surface area (Å²) in [6.07, 6.45) is 10.3. The zero-order valence-corrected chi connectivity index (χ0v) is 15.0. The van der Waals surface area contributed by atoms with Gasteiger partial charge in [-0.3, -0.25) is 4.79 Å². The van der Waals surface area contributed by atoms with Crippen LogP contribution >= 0.6 is 0 Å². The van der Waals surface area contributed by atoms with E-state index in [0.717, 1.165) is 50.0 Å². The predicted molar refractivity (Wildman–Crippen MR) is 92.5 cm³/mol. The normalized spacial score (nSPS) is 32.7. The van der Waals surface area contributed by atoms with Crippen LogP contribution < -0.4 is 0 Å². The molecule has 4 atom stereocenters. The first kappa shape index (κ1) is 16.1. The van der Waals surface area contributed by atoms with Gasteiger partial charge in [0.05, 0.1) is 0 Å². The summed E-state index contributed by atoms with van der Waals surface area (Å²) >= 11 is 0. The minimum Gasteiger partial charge on any atom is -0.342 e. The molecule has 24 heavy (non-hydrogen) atoms. The summed E-state index contributed by atoms with van der Waals surface area (Å²) in [7, 11) is 0. The smallest absolute Gasteiger partial charge is 0.222 e. The fraction of sp³-hybridized carbons (Fsp3) is 0.842. The maximum Gasteiger partial charge on any atom is 0.222 e. The predicted octanol–water partition coefficient (Wildman–Crippen LogP) is 3.39. The minimum atomic E-state index is 0.340. The highest BCUT2D eigenvalue weighted by Crippen LogP contribution is 2.49. The standard InChI is InChI=1S/C19H30N4O/c1-13(2)23-12-20-21-19(23)16-4-3-7-22(11-16)18(24)10-17-9-14-5-6-15(17)8-14/h12-17H,3-11H2,1-2H3/t14-,15-,16+,17-/m0/s1. The van der Waals surface area contributed by atoms with Crippen molar-refractivity contribution in [3.63, 3.8) is 0 Å². The van der Waals surface area contributed by atoms with E-state index in [0.29, 0.717) is 23.8 Å². The summed E-state index contributed by atoms with van der Waals surface area (Å²) in [4.78, 5) is 15.0. The third kappa shape index (κ3) is 2.98. The number of hydrogen-bond acceptors (Lipinski definition) is 3. The van der Waals surface area contributed by atoms with Crippen LogP contribution in [0, 0.1) is 17.8 Å². The van der Waals surface area contributed by atoms with Crippen molar-refractivity contribution in [2.75, 3.05) is 13.1 Å². The number of hydrogen-bond donors (Lipinski definition) is 0. The van der Waals surface area contributed by atoms with E-state index in [4.69, 9.17) is 0 Å². The van der Waals surface area contributed by atoms with Gasteiger partial charge in [-0.15, -0.1) is 10.2 Å². The van der Waals surface area contributed by atoms with Crippen LogP contribution in [0.4, 0.5) is 0 Å². The van der Waals surface area contributed by atoms with E-state index in [1.807, 2.05) is 6.33 Å². The summed E-state index contributed by atoms with van der Waals surface area (Å²) in [5.41, 5.74) is 0. The van der Waals surface area contributed by atoms with Crippen molar-refractivity contribution in [2.45, 2.75) is 70.8 Å². The number of piperidine rings is 1. The summed E-state index contributed by atoms with van der Waals surface area (Å²) in [5, 5.41) is 8.47. The average molecular weight is 330 g/mol. The van der Waals surface area contributed by atoms with Crippen LogP contribution in [0.3, 0.4) is 0 Å².